The van der Waals surface area contributed by atoms with E-state index in [0.717, 1.165) is 41.7 Å². The van der Waals surface area contributed by atoms with Gasteiger partial charge in [0.05, 0.1) is 10.5 Å². The number of nitrogens with zero attached hydrogens (tertiary/aromatic N) is 2. The fourth-order valence-corrected chi connectivity index (χ4v) is 4.82. The van der Waals surface area contributed by atoms with Crippen LogP contribution < -0.4 is 5.32 Å². The number of nitrogens with one attached hydrogen (secondary N) is 1. The predicted molar refractivity (Wildman–Crippen MR) is 122 cm³/mol. The topological polar surface area (TPSA) is 105 Å². The maximum atomic E-state index is 13.2. The van der Waals surface area contributed by atoms with Gasteiger partial charge in [0, 0.05) is 34.5 Å². The number of carbonyl (C=O) groups is 1. The monoisotopic (exact) mass is 435 g/mol. The Morgan fingerprint density at radius 3 is 2.68 bits per heavy atom. The lowest BCUT2D eigenvalue weighted by atomic mass is 9.95. The largest absolute Gasteiger partial charge is 0.507 e. The molecule has 8 heteroatoms. The highest BCUT2D eigenvalue weighted by Crippen LogP contribution is 2.40. The van der Waals surface area contributed by atoms with E-state index in [1.54, 1.807) is 0 Å². The van der Waals surface area contributed by atoms with Crippen LogP contribution in [0.3, 0.4) is 0 Å². The van der Waals surface area contributed by atoms with Gasteiger partial charge in [-0.15, -0.1) is 11.3 Å². The van der Waals surface area contributed by atoms with Gasteiger partial charge in [-0.2, -0.15) is 0 Å². The van der Waals surface area contributed by atoms with Crippen LogP contribution in [-0.4, -0.2) is 22.2 Å². The molecule has 0 atom stereocenters. The van der Waals surface area contributed by atoms with Crippen molar-refractivity contribution in [3.8, 4) is 5.75 Å². The van der Waals surface area contributed by atoms with Crippen molar-refractivity contribution in [2.75, 3.05) is 5.32 Å². The molecule has 0 unspecified atom stereocenters. The van der Waals surface area contributed by atoms with Gasteiger partial charge in [-0.05, 0) is 56.4 Å². The summed E-state index contributed by atoms with van der Waals surface area (Å²) in [4.78, 5) is 29.3. The number of nitro groups is 1. The average Bonchev–Trinajstić information content (AvgIpc) is 3.13. The highest BCUT2D eigenvalue weighted by atomic mass is 32.1. The van der Waals surface area contributed by atoms with Gasteiger partial charge in [0.1, 0.15) is 10.8 Å². The number of non-ortho nitro benzene ring substituents is 1. The lowest BCUT2D eigenvalue weighted by Gasteiger charge is -2.13. The molecule has 158 valence electrons. The zero-order valence-electron chi connectivity index (χ0n) is 16.9. The van der Waals surface area contributed by atoms with E-state index in [-0.39, 0.29) is 22.9 Å². The Balaban J connectivity index is 1.70. The molecule has 2 N–H and O–H groups in total. The van der Waals surface area contributed by atoms with Gasteiger partial charge in [0.25, 0.3) is 11.6 Å². The van der Waals surface area contributed by atoms with Crippen LogP contribution in [0.1, 0.15) is 44.8 Å². The summed E-state index contributed by atoms with van der Waals surface area (Å²) >= 11 is 1.46. The van der Waals surface area contributed by atoms with Crippen molar-refractivity contribution < 1.29 is 14.8 Å². The molecule has 7 nitrogen and oxygen atoms in total. The number of phenolic OH excluding ortho intramolecular Hbond substituents is 1. The van der Waals surface area contributed by atoms with Crippen LogP contribution >= 0.6 is 11.3 Å². The van der Waals surface area contributed by atoms with E-state index in [4.69, 9.17) is 0 Å². The molecule has 2 aromatic carbocycles. The van der Waals surface area contributed by atoms with Crippen LogP contribution in [0, 0.1) is 17.0 Å². The number of aryl methyl sites for hydroxylation is 2. The Morgan fingerprint density at radius 2 is 1.94 bits per heavy atom. The summed E-state index contributed by atoms with van der Waals surface area (Å²) < 4.78 is 0. The lowest BCUT2D eigenvalue weighted by molar-refractivity contribution is -0.384. The third-order valence-corrected chi connectivity index (χ3v) is 6.43. The Morgan fingerprint density at radius 1 is 1.19 bits per heavy atom. The quantitative estimate of drug-likeness (QED) is 0.311. The molecule has 1 aromatic heterocycles. The maximum absolute atomic E-state index is 13.2. The maximum Gasteiger partial charge on any atom is 0.270 e. The second-order valence-electron chi connectivity index (χ2n) is 7.47. The van der Waals surface area contributed by atoms with Gasteiger partial charge in [0.15, 0.2) is 0 Å². The minimum absolute atomic E-state index is 0.110. The summed E-state index contributed by atoms with van der Waals surface area (Å²) in [6, 6.07) is 11.3. The summed E-state index contributed by atoms with van der Waals surface area (Å²) in [5.74, 6) is -0.333. The van der Waals surface area contributed by atoms with Crippen molar-refractivity contribution in [3.63, 3.8) is 0 Å². The van der Waals surface area contributed by atoms with E-state index in [2.05, 4.69) is 10.3 Å². The molecule has 1 aliphatic carbocycles. The van der Waals surface area contributed by atoms with Crippen molar-refractivity contribution in [2.24, 2.45) is 4.99 Å². The molecule has 0 bridgehead atoms. The van der Waals surface area contributed by atoms with Crippen molar-refractivity contribution in [3.05, 3.63) is 79.7 Å². The Kier molecular flexibility index (Phi) is 5.81. The molecular formula is C23H21N3O4S. The van der Waals surface area contributed by atoms with E-state index < -0.39 is 4.92 Å². The number of hydrogen-bond acceptors (Lipinski definition) is 6. The van der Waals surface area contributed by atoms with Gasteiger partial charge in [-0.1, -0.05) is 17.7 Å². The number of anilines is 1. The van der Waals surface area contributed by atoms with E-state index in [1.165, 1.54) is 35.8 Å². The molecule has 1 heterocycles. The number of nitro benzene ring substituents is 1. The number of rotatable bonds is 5. The van der Waals surface area contributed by atoms with Crippen molar-refractivity contribution in [1.82, 2.24) is 0 Å². The molecule has 0 spiro atoms. The Hall–Kier alpha value is -3.52. The number of aromatic hydroxyl groups is 1. The first-order valence-electron chi connectivity index (χ1n) is 9.96. The zero-order valence-corrected chi connectivity index (χ0v) is 17.7. The average molecular weight is 436 g/mol. The number of phenols is 1. The van der Waals surface area contributed by atoms with Gasteiger partial charge in [-0.25, -0.2) is 4.99 Å². The van der Waals surface area contributed by atoms with Crippen molar-refractivity contribution in [1.29, 1.82) is 0 Å². The smallest absolute Gasteiger partial charge is 0.270 e. The molecule has 3 aromatic rings. The molecule has 4 rings (SSSR count). The first-order chi connectivity index (χ1) is 14.9. The molecule has 0 aliphatic heterocycles. The van der Waals surface area contributed by atoms with Crippen molar-refractivity contribution >= 4 is 39.8 Å². The third kappa shape index (κ3) is 4.49. The third-order valence-electron chi connectivity index (χ3n) is 5.23. The number of aliphatic imine (C=N–C) groups is 1. The molecule has 0 saturated carbocycles. The summed E-state index contributed by atoms with van der Waals surface area (Å²) in [6.45, 7) is 1.98. The summed E-state index contributed by atoms with van der Waals surface area (Å²) in [5, 5.41) is 24.6. The van der Waals surface area contributed by atoms with Gasteiger partial charge in [-0.3, -0.25) is 14.9 Å². The van der Waals surface area contributed by atoms with E-state index >= 15 is 0 Å². The van der Waals surface area contributed by atoms with Gasteiger partial charge < -0.3 is 10.4 Å². The number of carbonyl (C=O) groups excluding carboxylic acids is 1. The van der Waals surface area contributed by atoms with E-state index in [9.17, 15) is 20.0 Å². The number of hydrogen-bond donors (Lipinski definition) is 2. The number of thiophene rings is 1. The molecule has 1 amide bonds. The SMILES string of the molecule is Cc1ccc(NC(=O)c2c(/N=C/c3cc([N+](=O)[O-])ccc3O)sc3c2CCCC3)cc1. The molecule has 31 heavy (non-hydrogen) atoms. The number of amides is 1. The minimum Gasteiger partial charge on any atom is -0.507 e. The molecule has 0 radical (unpaired) electrons. The second-order valence-corrected chi connectivity index (χ2v) is 8.55. The lowest BCUT2D eigenvalue weighted by Crippen LogP contribution is -2.14. The number of benzene rings is 2. The molecule has 0 saturated heterocycles. The fourth-order valence-electron chi connectivity index (χ4n) is 3.59. The summed E-state index contributed by atoms with van der Waals surface area (Å²) in [6.07, 6.45) is 5.19. The van der Waals surface area contributed by atoms with E-state index in [1.807, 2.05) is 31.2 Å². The Bertz CT molecular complexity index is 1180. The zero-order chi connectivity index (χ0) is 22.0. The molecular weight excluding hydrogens is 414 g/mol. The van der Waals surface area contributed by atoms with Crippen LogP contribution in [-0.2, 0) is 12.8 Å². The van der Waals surface area contributed by atoms with Crippen molar-refractivity contribution in [2.45, 2.75) is 32.6 Å². The van der Waals surface area contributed by atoms with Crippen LogP contribution in [0.15, 0.2) is 47.5 Å². The number of fused-ring (bicyclic) bond motifs is 1. The summed E-state index contributed by atoms with van der Waals surface area (Å²) in [5.41, 5.74) is 3.47. The van der Waals surface area contributed by atoms with Crippen LogP contribution in [0.2, 0.25) is 0 Å². The van der Waals surface area contributed by atoms with Gasteiger partial charge in [0.2, 0.25) is 0 Å². The fraction of sp³-hybridized carbons (Fsp3) is 0.217. The first-order valence-corrected chi connectivity index (χ1v) is 10.8. The van der Waals surface area contributed by atoms with Crippen LogP contribution in [0.25, 0.3) is 0 Å². The molecule has 1 aliphatic rings. The molecule has 0 fully saturated rings. The summed E-state index contributed by atoms with van der Waals surface area (Å²) in [7, 11) is 0. The predicted octanol–water partition coefficient (Wildman–Crippen LogP) is 5.55. The first kappa shape index (κ1) is 20.7. The standard InChI is InChI=1S/C23H21N3O4S/c1-14-6-8-16(9-7-14)25-22(28)21-18-4-2-3-5-20(18)31-23(21)24-13-15-12-17(26(29)30)10-11-19(15)27/h6-13,27H,2-5H2,1H3,(H,25,28)/b24-13+. The van der Waals surface area contributed by atoms with E-state index in [0.29, 0.717) is 16.3 Å². The second kappa shape index (κ2) is 8.69. The Labute approximate surface area is 183 Å². The highest BCUT2D eigenvalue weighted by molar-refractivity contribution is 7.16. The highest BCUT2D eigenvalue weighted by Gasteiger charge is 2.25. The van der Waals surface area contributed by atoms with Gasteiger partial charge >= 0.3 is 0 Å². The van der Waals surface area contributed by atoms with Crippen LogP contribution in [0.5, 0.6) is 5.75 Å². The van der Waals surface area contributed by atoms with Crippen LogP contribution in [0.4, 0.5) is 16.4 Å². The minimum atomic E-state index is -0.527. The normalized spacial score (nSPS) is 13.2.